The van der Waals surface area contributed by atoms with Crippen molar-refractivity contribution in [1.82, 2.24) is 4.90 Å². The predicted octanol–water partition coefficient (Wildman–Crippen LogP) is 1.67. The lowest BCUT2D eigenvalue weighted by Crippen LogP contribution is -2.43. The van der Waals surface area contributed by atoms with Crippen LogP contribution in [0.4, 0.5) is 0 Å². The maximum Gasteiger partial charge on any atom is 0.225 e. The zero-order chi connectivity index (χ0) is 10.4. The van der Waals surface area contributed by atoms with E-state index in [0.29, 0.717) is 19.1 Å². The van der Waals surface area contributed by atoms with E-state index in [1.807, 2.05) is 11.8 Å². The fourth-order valence-corrected chi connectivity index (χ4v) is 1.73. The van der Waals surface area contributed by atoms with Crippen molar-refractivity contribution in [2.24, 2.45) is 5.92 Å². The van der Waals surface area contributed by atoms with Gasteiger partial charge in [-0.3, -0.25) is 4.79 Å². The number of ether oxygens (including phenoxy) is 1. The first-order valence-corrected chi connectivity index (χ1v) is 5.62. The summed E-state index contributed by atoms with van der Waals surface area (Å²) in [5.41, 5.74) is 0. The minimum absolute atomic E-state index is 0.188. The highest BCUT2D eigenvalue weighted by molar-refractivity contribution is 5.78. The summed E-state index contributed by atoms with van der Waals surface area (Å²) in [5.74, 6) is 0.495. The van der Waals surface area contributed by atoms with Gasteiger partial charge in [-0.25, -0.2) is 0 Å². The molecule has 1 aliphatic rings. The molecule has 0 bridgehead atoms. The van der Waals surface area contributed by atoms with Gasteiger partial charge in [0.15, 0.2) is 0 Å². The second-order valence-electron chi connectivity index (χ2n) is 3.98. The number of rotatable bonds is 4. The molecular formula is C11H21NO2. The Balaban J connectivity index is 2.30. The molecule has 1 heterocycles. The topological polar surface area (TPSA) is 29.5 Å². The van der Waals surface area contributed by atoms with Gasteiger partial charge in [0.1, 0.15) is 0 Å². The summed E-state index contributed by atoms with van der Waals surface area (Å²) in [6, 6.07) is 0. The Kier molecular flexibility index (Phi) is 4.94. The third-order valence-corrected chi connectivity index (χ3v) is 2.74. The second kappa shape index (κ2) is 6.02. The molecule has 1 amide bonds. The smallest absolute Gasteiger partial charge is 0.225 e. The van der Waals surface area contributed by atoms with Crippen LogP contribution in [0.5, 0.6) is 0 Å². The van der Waals surface area contributed by atoms with Crippen LogP contribution in [0.2, 0.25) is 0 Å². The van der Waals surface area contributed by atoms with E-state index in [9.17, 15) is 4.79 Å². The Morgan fingerprint density at radius 3 is 2.64 bits per heavy atom. The molecule has 0 N–H and O–H groups in total. The first-order valence-electron chi connectivity index (χ1n) is 5.62. The van der Waals surface area contributed by atoms with Gasteiger partial charge in [-0.2, -0.15) is 0 Å². The van der Waals surface area contributed by atoms with Gasteiger partial charge < -0.3 is 9.64 Å². The Morgan fingerprint density at radius 1 is 1.43 bits per heavy atom. The molecule has 0 radical (unpaired) electrons. The van der Waals surface area contributed by atoms with Gasteiger partial charge in [0.05, 0.1) is 13.2 Å². The van der Waals surface area contributed by atoms with Crippen LogP contribution in [-0.4, -0.2) is 37.1 Å². The van der Waals surface area contributed by atoms with Gasteiger partial charge in [-0.15, -0.1) is 0 Å². The van der Waals surface area contributed by atoms with E-state index in [2.05, 4.69) is 6.92 Å². The molecule has 82 valence electrons. The summed E-state index contributed by atoms with van der Waals surface area (Å²) in [7, 11) is 0. The minimum Gasteiger partial charge on any atom is -0.378 e. The molecule has 3 heteroatoms. The fraction of sp³-hybridized carbons (Fsp3) is 0.909. The van der Waals surface area contributed by atoms with Crippen LogP contribution in [-0.2, 0) is 9.53 Å². The zero-order valence-corrected chi connectivity index (χ0v) is 9.29. The van der Waals surface area contributed by atoms with E-state index in [4.69, 9.17) is 4.74 Å². The van der Waals surface area contributed by atoms with Crippen LogP contribution in [0.1, 0.15) is 33.1 Å². The number of carbonyl (C=O) groups excluding carboxylic acids is 1. The first kappa shape index (κ1) is 11.5. The van der Waals surface area contributed by atoms with Gasteiger partial charge in [-0.1, -0.05) is 26.7 Å². The maximum absolute atomic E-state index is 11.9. The molecule has 0 spiro atoms. The van der Waals surface area contributed by atoms with Gasteiger partial charge in [-0.05, 0) is 6.42 Å². The molecule has 1 saturated heterocycles. The number of hydrogen-bond donors (Lipinski definition) is 0. The Labute approximate surface area is 86.4 Å². The van der Waals surface area contributed by atoms with Gasteiger partial charge in [0.2, 0.25) is 5.91 Å². The largest absolute Gasteiger partial charge is 0.378 e. The molecule has 0 aromatic carbocycles. The quantitative estimate of drug-likeness (QED) is 0.689. The van der Waals surface area contributed by atoms with Crippen molar-refractivity contribution < 1.29 is 9.53 Å². The Morgan fingerprint density at radius 2 is 2.07 bits per heavy atom. The molecule has 0 saturated carbocycles. The lowest BCUT2D eigenvalue weighted by atomic mass is 10.0. The van der Waals surface area contributed by atoms with Gasteiger partial charge in [0, 0.05) is 19.0 Å². The van der Waals surface area contributed by atoms with Gasteiger partial charge in [0.25, 0.3) is 0 Å². The zero-order valence-electron chi connectivity index (χ0n) is 9.29. The van der Waals surface area contributed by atoms with Crippen molar-refractivity contribution in [1.29, 1.82) is 0 Å². The van der Waals surface area contributed by atoms with E-state index < -0.39 is 0 Å². The molecule has 0 aromatic heterocycles. The number of unbranched alkanes of at least 4 members (excludes halogenated alkanes) is 1. The van der Waals surface area contributed by atoms with Crippen molar-refractivity contribution in [3.05, 3.63) is 0 Å². The van der Waals surface area contributed by atoms with Gasteiger partial charge >= 0.3 is 0 Å². The normalized spacial score (nSPS) is 19.4. The van der Waals surface area contributed by atoms with Crippen molar-refractivity contribution in [3.8, 4) is 0 Å². The molecule has 1 fully saturated rings. The highest BCUT2D eigenvalue weighted by Crippen LogP contribution is 2.12. The number of amides is 1. The molecule has 1 aliphatic heterocycles. The summed E-state index contributed by atoms with van der Waals surface area (Å²) in [6.07, 6.45) is 3.34. The van der Waals surface area contributed by atoms with E-state index >= 15 is 0 Å². The van der Waals surface area contributed by atoms with Crippen LogP contribution in [0.15, 0.2) is 0 Å². The van der Waals surface area contributed by atoms with Crippen LogP contribution in [0.25, 0.3) is 0 Å². The van der Waals surface area contributed by atoms with Crippen LogP contribution in [0, 0.1) is 5.92 Å². The number of nitrogens with zero attached hydrogens (tertiary/aromatic N) is 1. The number of hydrogen-bond acceptors (Lipinski definition) is 2. The van der Waals surface area contributed by atoms with Crippen molar-refractivity contribution in [2.45, 2.75) is 33.1 Å². The monoisotopic (exact) mass is 199 g/mol. The van der Waals surface area contributed by atoms with E-state index in [0.717, 1.165) is 25.9 Å². The molecule has 1 rings (SSSR count). The first-order chi connectivity index (χ1) is 6.75. The molecular weight excluding hydrogens is 178 g/mol. The number of carbonyl (C=O) groups is 1. The second-order valence-corrected chi connectivity index (χ2v) is 3.98. The maximum atomic E-state index is 11.9. The molecule has 1 atom stereocenters. The molecule has 0 aliphatic carbocycles. The van der Waals surface area contributed by atoms with Crippen LogP contribution >= 0.6 is 0 Å². The Hall–Kier alpha value is -0.570. The van der Waals surface area contributed by atoms with Crippen LogP contribution < -0.4 is 0 Å². The van der Waals surface area contributed by atoms with Crippen molar-refractivity contribution in [2.75, 3.05) is 26.3 Å². The average Bonchev–Trinajstić information content (AvgIpc) is 2.26. The number of morpholine rings is 1. The SMILES string of the molecule is CCCC[C@H](C)C(=O)N1CCOCC1. The summed E-state index contributed by atoms with van der Waals surface area (Å²) in [6.45, 7) is 7.14. The molecule has 14 heavy (non-hydrogen) atoms. The average molecular weight is 199 g/mol. The third-order valence-electron chi connectivity index (χ3n) is 2.74. The lowest BCUT2D eigenvalue weighted by Gasteiger charge is -2.29. The summed E-state index contributed by atoms with van der Waals surface area (Å²) >= 11 is 0. The molecule has 0 aromatic rings. The lowest BCUT2D eigenvalue weighted by molar-refractivity contribution is -0.139. The Bertz CT molecular complexity index is 176. The molecule has 0 unspecified atom stereocenters. The summed E-state index contributed by atoms with van der Waals surface area (Å²) in [4.78, 5) is 13.8. The summed E-state index contributed by atoms with van der Waals surface area (Å²) < 4.78 is 5.22. The third kappa shape index (κ3) is 3.29. The molecule has 3 nitrogen and oxygen atoms in total. The van der Waals surface area contributed by atoms with E-state index in [-0.39, 0.29) is 5.92 Å². The van der Waals surface area contributed by atoms with E-state index in [1.165, 1.54) is 6.42 Å². The standard InChI is InChI=1S/C11H21NO2/c1-3-4-5-10(2)11(13)12-6-8-14-9-7-12/h10H,3-9H2,1-2H3/t10-/m0/s1. The highest BCUT2D eigenvalue weighted by atomic mass is 16.5. The van der Waals surface area contributed by atoms with Crippen LogP contribution in [0.3, 0.4) is 0 Å². The predicted molar refractivity (Wildman–Crippen MR) is 56.1 cm³/mol. The fourth-order valence-electron chi connectivity index (χ4n) is 1.73. The van der Waals surface area contributed by atoms with E-state index in [1.54, 1.807) is 0 Å². The van der Waals surface area contributed by atoms with Crippen molar-refractivity contribution in [3.63, 3.8) is 0 Å². The van der Waals surface area contributed by atoms with Crippen molar-refractivity contribution >= 4 is 5.91 Å². The minimum atomic E-state index is 0.188. The highest BCUT2D eigenvalue weighted by Gasteiger charge is 2.21. The summed E-state index contributed by atoms with van der Waals surface area (Å²) in [5, 5.41) is 0.